The summed E-state index contributed by atoms with van der Waals surface area (Å²) in [6.07, 6.45) is 2.31. The van der Waals surface area contributed by atoms with Crippen molar-refractivity contribution in [1.82, 2.24) is 10.2 Å². The summed E-state index contributed by atoms with van der Waals surface area (Å²) < 4.78 is 6.16. The third-order valence-electron chi connectivity index (χ3n) is 4.29. The molecule has 0 spiro atoms. The van der Waals surface area contributed by atoms with Crippen molar-refractivity contribution in [3.63, 3.8) is 0 Å². The van der Waals surface area contributed by atoms with Gasteiger partial charge in [-0.05, 0) is 56.0 Å². The average molecular weight is 383 g/mol. The predicted octanol–water partition coefficient (Wildman–Crippen LogP) is 3.56. The van der Waals surface area contributed by atoms with Crippen LogP contribution in [-0.2, 0) is 0 Å². The molecule has 0 saturated carbocycles. The number of nitrogens with one attached hydrogen (secondary N) is 1. The minimum Gasteiger partial charge on any atom is -0.496 e. The number of hydrogen-bond donors (Lipinski definition) is 1. The van der Waals surface area contributed by atoms with Crippen LogP contribution < -0.4 is 10.1 Å². The quantitative estimate of drug-likeness (QED) is 0.817. The lowest BCUT2D eigenvalue weighted by Crippen LogP contribution is -2.40. The molecule has 0 aliphatic carbocycles. The second-order valence-electron chi connectivity index (χ2n) is 6.69. The van der Waals surface area contributed by atoms with Crippen LogP contribution in [0.4, 0.5) is 0 Å². The molecular formula is C18H27BrN2O2. The van der Waals surface area contributed by atoms with Crippen LogP contribution in [-0.4, -0.2) is 44.1 Å². The lowest BCUT2D eigenvalue weighted by atomic mass is 9.96. The molecule has 23 heavy (non-hydrogen) atoms. The maximum Gasteiger partial charge on any atom is 0.255 e. The Morgan fingerprint density at radius 1 is 1.39 bits per heavy atom. The molecule has 128 valence electrons. The average Bonchev–Trinajstić information content (AvgIpc) is 2.53. The molecule has 0 bridgehead atoms. The monoisotopic (exact) mass is 382 g/mol. The normalized spacial score (nSPS) is 16.6. The van der Waals surface area contributed by atoms with Crippen molar-refractivity contribution in [3.8, 4) is 5.75 Å². The van der Waals surface area contributed by atoms with Gasteiger partial charge in [-0.15, -0.1) is 0 Å². The van der Waals surface area contributed by atoms with E-state index in [1.54, 1.807) is 13.2 Å². The van der Waals surface area contributed by atoms with Gasteiger partial charge in [0.25, 0.3) is 5.91 Å². The fourth-order valence-corrected chi connectivity index (χ4v) is 3.44. The maximum atomic E-state index is 12.4. The third kappa shape index (κ3) is 5.50. The number of benzene rings is 1. The highest BCUT2D eigenvalue weighted by molar-refractivity contribution is 9.10. The summed E-state index contributed by atoms with van der Waals surface area (Å²) >= 11 is 3.41. The first-order valence-corrected chi connectivity index (χ1v) is 9.13. The topological polar surface area (TPSA) is 41.6 Å². The van der Waals surface area contributed by atoms with Crippen LogP contribution in [0.25, 0.3) is 0 Å². The van der Waals surface area contributed by atoms with Gasteiger partial charge in [-0.2, -0.15) is 0 Å². The van der Waals surface area contributed by atoms with E-state index < -0.39 is 0 Å². The summed E-state index contributed by atoms with van der Waals surface area (Å²) in [7, 11) is 1.59. The summed E-state index contributed by atoms with van der Waals surface area (Å²) in [6.45, 7) is 8.71. The fraction of sp³-hybridized carbons (Fsp3) is 0.611. The highest BCUT2D eigenvalue weighted by Crippen LogP contribution is 2.23. The van der Waals surface area contributed by atoms with Gasteiger partial charge in [0, 0.05) is 17.6 Å². The maximum absolute atomic E-state index is 12.4. The summed E-state index contributed by atoms with van der Waals surface area (Å²) in [4.78, 5) is 14.9. The van der Waals surface area contributed by atoms with Gasteiger partial charge < -0.3 is 15.0 Å². The number of likely N-dealkylation sites (tertiary alicyclic amines) is 1. The van der Waals surface area contributed by atoms with Crippen LogP contribution in [0.3, 0.4) is 0 Å². The molecule has 0 atom stereocenters. The molecule has 0 unspecified atom stereocenters. The third-order valence-corrected chi connectivity index (χ3v) is 4.78. The van der Waals surface area contributed by atoms with E-state index >= 15 is 0 Å². The highest BCUT2D eigenvalue weighted by Gasteiger charge is 2.21. The zero-order valence-electron chi connectivity index (χ0n) is 14.3. The van der Waals surface area contributed by atoms with Gasteiger partial charge in [-0.25, -0.2) is 0 Å². The Hall–Kier alpha value is -1.07. The Kier molecular flexibility index (Phi) is 6.90. The van der Waals surface area contributed by atoms with Crippen molar-refractivity contribution in [3.05, 3.63) is 28.2 Å². The van der Waals surface area contributed by atoms with Crippen LogP contribution in [0, 0.1) is 11.8 Å². The number of halogens is 1. The number of ether oxygens (including phenoxy) is 1. The van der Waals surface area contributed by atoms with Crippen molar-refractivity contribution in [2.24, 2.45) is 11.8 Å². The van der Waals surface area contributed by atoms with E-state index in [9.17, 15) is 4.79 Å². The Balaban J connectivity index is 1.83. The molecule has 1 aliphatic rings. The number of methoxy groups -OCH3 is 1. The number of rotatable bonds is 6. The first kappa shape index (κ1) is 18.3. The van der Waals surface area contributed by atoms with Gasteiger partial charge in [-0.1, -0.05) is 29.8 Å². The summed E-state index contributed by atoms with van der Waals surface area (Å²) in [5, 5.41) is 3.07. The predicted molar refractivity (Wildman–Crippen MR) is 97.0 cm³/mol. The van der Waals surface area contributed by atoms with E-state index in [0.29, 0.717) is 17.2 Å². The highest BCUT2D eigenvalue weighted by atomic mass is 79.9. The van der Waals surface area contributed by atoms with Crippen molar-refractivity contribution in [2.45, 2.75) is 26.7 Å². The van der Waals surface area contributed by atoms with Gasteiger partial charge >= 0.3 is 0 Å². The van der Waals surface area contributed by atoms with E-state index in [1.165, 1.54) is 6.54 Å². The van der Waals surface area contributed by atoms with Crippen LogP contribution in [0.2, 0.25) is 0 Å². The molecule has 1 fully saturated rings. The van der Waals surface area contributed by atoms with E-state index in [2.05, 4.69) is 40.0 Å². The largest absolute Gasteiger partial charge is 0.496 e. The van der Waals surface area contributed by atoms with Crippen molar-refractivity contribution < 1.29 is 9.53 Å². The SMILES string of the molecule is COc1ccc(Br)cc1C(=O)NCC1CCN(CC(C)C)CC1. The van der Waals surface area contributed by atoms with E-state index in [-0.39, 0.29) is 5.91 Å². The molecule has 1 aliphatic heterocycles. The van der Waals surface area contributed by atoms with Crippen LogP contribution in [0.5, 0.6) is 5.75 Å². The van der Waals surface area contributed by atoms with Crippen molar-refractivity contribution in [2.75, 3.05) is 33.3 Å². The van der Waals surface area contributed by atoms with Crippen molar-refractivity contribution in [1.29, 1.82) is 0 Å². The number of hydrogen-bond acceptors (Lipinski definition) is 3. The van der Waals surface area contributed by atoms with Crippen LogP contribution in [0.15, 0.2) is 22.7 Å². The standard InChI is InChI=1S/C18H27BrN2O2/c1-13(2)12-21-8-6-14(7-9-21)11-20-18(22)16-10-15(19)4-5-17(16)23-3/h4-5,10,13-14H,6-9,11-12H2,1-3H3,(H,20,22). The number of carbonyl (C=O) groups is 1. The Bertz CT molecular complexity index is 526. The molecule has 0 radical (unpaired) electrons. The number of piperidine rings is 1. The van der Waals surface area contributed by atoms with E-state index in [0.717, 1.165) is 42.9 Å². The molecule has 2 rings (SSSR count). The van der Waals surface area contributed by atoms with E-state index in [4.69, 9.17) is 4.74 Å². The summed E-state index contributed by atoms with van der Waals surface area (Å²) in [6, 6.07) is 5.49. The number of carbonyl (C=O) groups excluding carboxylic acids is 1. The van der Waals surface area contributed by atoms with Crippen LogP contribution in [0.1, 0.15) is 37.0 Å². The molecule has 1 aromatic carbocycles. The lowest BCUT2D eigenvalue weighted by Gasteiger charge is -2.33. The van der Waals surface area contributed by atoms with Crippen molar-refractivity contribution >= 4 is 21.8 Å². The Morgan fingerprint density at radius 3 is 2.70 bits per heavy atom. The summed E-state index contributed by atoms with van der Waals surface area (Å²) in [5.41, 5.74) is 0.583. The molecular weight excluding hydrogens is 356 g/mol. The van der Waals surface area contributed by atoms with Gasteiger partial charge in [0.05, 0.1) is 12.7 Å². The molecule has 5 heteroatoms. The van der Waals surface area contributed by atoms with Gasteiger partial charge in [0.1, 0.15) is 5.75 Å². The van der Waals surface area contributed by atoms with Gasteiger partial charge in [0.15, 0.2) is 0 Å². The lowest BCUT2D eigenvalue weighted by molar-refractivity contribution is 0.0931. The van der Waals surface area contributed by atoms with Gasteiger partial charge in [-0.3, -0.25) is 4.79 Å². The molecule has 0 aromatic heterocycles. The molecule has 1 heterocycles. The first-order chi connectivity index (χ1) is 11.0. The fourth-order valence-electron chi connectivity index (χ4n) is 3.08. The molecule has 1 N–H and O–H groups in total. The second-order valence-corrected chi connectivity index (χ2v) is 7.61. The molecule has 1 saturated heterocycles. The molecule has 1 aromatic rings. The number of amides is 1. The minimum absolute atomic E-state index is 0.0623. The second kappa shape index (κ2) is 8.69. The van der Waals surface area contributed by atoms with Gasteiger partial charge in [0.2, 0.25) is 0 Å². The summed E-state index contributed by atoms with van der Waals surface area (Å²) in [5.74, 6) is 1.83. The molecule has 4 nitrogen and oxygen atoms in total. The number of nitrogens with zero attached hydrogens (tertiary/aromatic N) is 1. The Morgan fingerprint density at radius 2 is 2.09 bits per heavy atom. The first-order valence-electron chi connectivity index (χ1n) is 8.33. The zero-order chi connectivity index (χ0) is 16.8. The minimum atomic E-state index is -0.0623. The van der Waals surface area contributed by atoms with E-state index in [1.807, 2.05) is 12.1 Å². The van der Waals surface area contributed by atoms with Crippen LogP contribution >= 0.6 is 15.9 Å². The zero-order valence-corrected chi connectivity index (χ0v) is 15.9. The smallest absolute Gasteiger partial charge is 0.255 e. The Labute approximate surface area is 147 Å². The molecule has 1 amide bonds.